The molecule has 2 rings (SSSR count). The molecule has 2 aromatic rings. The molecule has 92 valence electrons. The van der Waals surface area contributed by atoms with Crippen LogP contribution in [0, 0.1) is 0 Å². The summed E-state index contributed by atoms with van der Waals surface area (Å²) in [6.45, 7) is 1.89. The summed E-state index contributed by atoms with van der Waals surface area (Å²) in [5.41, 5.74) is 0.622. The van der Waals surface area contributed by atoms with Crippen LogP contribution >= 0.6 is 0 Å². The predicted molar refractivity (Wildman–Crippen MR) is 64.0 cm³/mol. The first-order valence-corrected chi connectivity index (χ1v) is 5.39. The van der Waals surface area contributed by atoms with Crippen LogP contribution in [0.15, 0.2) is 35.4 Å². The molecule has 0 aromatic carbocycles. The van der Waals surface area contributed by atoms with Gasteiger partial charge in [0.15, 0.2) is 0 Å². The fourth-order valence-electron chi connectivity index (χ4n) is 1.44. The number of hydrogen-bond donors (Lipinski definition) is 1. The van der Waals surface area contributed by atoms with E-state index in [1.165, 1.54) is 6.07 Å². The van der Waals surface area contributed by atoms with Crippen LogP contribution in [0.25, 0.3) is 11.3 Å². The summed E-state index contributed by atoms with van der Waals surface area (Å²) >= 11 is 0. The molecule has 0 fully saturated rings. The zero-order valence-electron chi connectivity index (χ0n) is 9.71. The monoisotopic (exact) mass is 245 g/mol. The maximum atomic E-state index is 11.6. The zero-order chi connectivity index (χ0) is 13.0. The van der Waals surface area contributed by atoms with Crippen LogP contribution in [0.2, 0.25) is 0 Å². The number of nitrogens with one attached hydrogen (secondary N) is 1. The van der Waals surface area contributed by atoms with Gasteiger partial charge in [-0.25, -0.2) is 9.89 Å². The lowest BCUT2D eigenvalue weighted by molar-refractivity contribution is 0.0524. The third-order valence-electron chi connectivity index (χ3n) is 2.28. The van der Waals surface area contributed by atoms with Crippen molar-refractivity contribution in [3.63, 3.8) is 0 Å². The highest BCUT2D eigenvalue weighted by molar-refractivity contribution is 5.90. The van der Waals surface area contributed by atoms with Gasteiger partial charge in [0.2, 0.25) is 0 Å². The van der Waals surface area contributed by atoms with Crippen molar-refractivity contribution in [2.45, 2.75) is 6.92 Å². The van der Waals surface area contributed by atoms with Gasteiger partial charge in [-0.3, -0.25) is 9.78 Å². The Kier molecular flexibility index (Phi) is 3.47. The van der Waals surface area contributed by atoms with E-state index in [1.54, 1.807) is 31.5 Å². The summed E-state index contributed by atoms with van der Waals surface area (Å²) in [4.78, 5) is 26.9. The number of aromatic amines is 1. The molecule has 2 heterocycles. The highest BCUT2D eigenvalue weighted by Crippen LogP contribution is 2.14. The first-order valence-electron chi connectivity index (χ1n) is 5.39. The number of rotatable bonds is 3. The number of carbonyl (C=O) groups excluding carboxylic acids is 1. The minimum atomic E-state index is -0.656. The number of ether oxygens (including phenoxy) is 1. The van der Waals surface area contributed by atoms with Crippen LogP contribution in [0.3, 0.4) is 0 Å². The average molecular weight is 245 g/mol. The van der Waals surface area contributed by atoms with Gasteiger partial charge in [-0.2, -0.15) is 5.10 Å². The Morgan fingerprint density at radius 3 is 2.78 bits per heavy atom. The molecule has 0 spiro atoms. The number of pyridine rings is 1. The van der Waals surface area contributed by atoms with E-state index in [2.05, 4.69) is 15.2 Å². The molecular weight excluding hydrogens is 234 g/mol. The fourth-order valence-corrected chi connectivity index (χ4v) is 1.44. The Hall–Kier alpha value is -2.50. The van der Waals surface area contributed by atoms with E-state index < -0.39 is 11.5 Å². The Balaban J connectivity index is 2.44. The number of hydrogen-bond acceptors (Lipinski definition) is 5. The number of carbonyl (C=O) groups is 1. The van der Waals surface area contributed by atoms with Crippen molar-refractivity contribution < 1.29 is 9.53 Å². The third-order valence-corrected chi connectivity index (χ3v) is 2.28. The third kappa shape index (κ3) is 2.42. The van der Waals surface area contributed by atoms with Gasteiger partial charge in [-0.1, -0.05) is 0 Å². The second-order valence-electron chi connectivity index (χ2n) is 3.45. The lowest BCUT2D eigenvalue weighted by Gasteiger charge is -2.03. The van der Waals surface area contributed by atoms with Gasteiger partial charge in [0.05, 0.1) is 12.3 Å². The maximum Gasteiger partial charge on any atom is 0.343 e. The molecule has 0 atom stereocenters. The Morgan fingerprint density at radius 1 is 1.39 bits per heavy atom. The van der Waals surface area contributed by atoms with Crippen molar-refractivity contribution in [3.8, 4) is 11.3 Å². The number of nitrogens with zero attached hydrogens (tertiary/aromatic N) is 2. The molecule has 2 aromatic heterocycles. The van der Waals surface area contributed by atoms with E-state index >= 15 is 0 Å². The topological polar surface area (TPSA) is 84.9 Å². The highest BCUT2D eigenvalue weighted by Gasteiger charge is 2.13. The lowest BCUT2D eigenvalue weighted by atomic mass is 10.1. The van der Waals surface area contributed by atoms with Gasteiger partial charge in [0.1, 0.15) is 5.56 Å². The Bertz CT molecular complexity index is 607. The van der Waals surface area contributed by atoms with Gasteiger partial charge in [0.25, 0.3) is 5.56 Å². The first-order chi connectivity index (χ1) is 8.72. The first kappa shape index (κ1) is 12.0. The van der Waals surface area contributed by atoms with Crippen molar-refractivity contribution in [2.24, 2.45) is 0 Å². The van der Waals surface area contributed by atoms with Crippen molar-refractivity contribution in [1.82, 2.24) is 15.2 Å². The van der Waals surface area contributed by atoms with Gasteiger partial charge >= 0.3 is 5.97 Å². The quantitative estimate of drug-likeness (QED) is 0.815. The molecule has 0 radical (unpaired) electrons. The van der Waals surface area contributed by atoms with Crippen LogP contribution < -0.4 is 5.56 Å². The number of esters is 1. The van der Waals surface area contributed by atoms with E-state index in [0.717, 1.165) is 5.56 Å². The molecule has 0 saturated carbocycles. The van der Waals surface area contributed by atoms with Gasteiger partial charge in [-0.05, 0) is 25.1 Å². The molecule has 0 aliphatic heterocycles. The largest absolute Gasteiger partial charge is 0.462 e. The van der Waals surface area contributed by atoms with E-state index in [-0.39, 0.29) is 12.2 Å². The summed E-state index contributed by atoms with van der Waals surface area (Å²) in [6, 6.07) is 4.87. The SMILES string of the molecule is CCOC(=O)c1cc(-c2ccncc2)n[nH]c1=O. The van der Waals surface area contributed by atoms with Crippen LogP contribution in [-0.2, 0) is 4.74 Å². The Labute approximate surface area is 103 Å². The second kappa shape index (κ2) is 5.22. The van der Waals surface area contributed by atoms with E-state index in [9.17, 15) is 9.59 Å². The molecule has 0 unspecified atom stereocenters. The maximum absolute atomic E-state index is 11.6. The normalized spacial score (nSPS) is 10.1. The molecule has 0 amide bonds. The minimum Gasteiger partial charge on any atom is -0.462 e. The predicted octanol–water partition coefficient (Wildman–Crippen LogP) is 1.01. The van der Waals surface area contributed by atoms with Crippen LogP contribution in [0.5, 0.6) is 0 Å². The molecule has 0 aliphatic rings. The van der Waals surface area contributed by atoms with E-state index in [4.69, 9.17) is 4.74 Å². The van der Waals surface area contributed by atoms with E-state index in [1.807, 2.05) is 0 Å². The van der Waals surface area contributed by atoms with Crippen molar-refractivity contribution in [3.05, 3.63) is 46.5 Å². The minimum absolute atomic E-state index is 0.0568. The molecule has 6 heteroatoms. The molecule has 6 nitrogen and oxygen atoms in total. The second-order valence-corrected chi connectivity index (χ2v) is 3.45. The van der Waals surface area contributed by atoms with Gasteiger partial charge in [0, 0.05) is 18.0 Å². The Morgan fingerprint density at radius 2 is 2.11 bits per heavy atom. The molecule has 0 aliphatic carbocycles. The smallest absolute Gasteiger partial charge is 0.343 e. The average Bonchev–Trinajstić information content (AvgIpc) is 2.40. The molecule has 0 bridgehead atoms. The highest BCUT2D eigenvalue weighted by atomic mass is 16.5. The summed E-state index contributed by atoms with van der Waals surface area (Å²) in [5.74, 6) is -0.656. The summed E-state index contributed by atoms with van der Waals surface area (Å²) in [7, 11) is 0. The molecule has 18 heavy (non-hydrogen) atoms. The van der Waals surface area contributed by atoms with Crippen molar-refractivity contribution in [1.29, 1.82) is 0 Å². The fraction of sp³-hybridized carbons (Fsp3) is 0.167. The van der Waals surface area contributed by atoms with Crippen LogP contribution in [-0.4, -0.2) is 27.8 Å². The van der Waals surface area contributed by atoms with Crippen molar-refractivity contribution in [2.75, 3.05) is 6.61 Å². The number of H-pyrrole nitrogens is 1. The van der Waals surface area contributed by atoms with E-state index in [0.29, 0.717) is 5.69 Å². The summed E-state index contributed by atoms with van der Waals surface area (Å²) in [5, 5.41) is 6.16. The standard InChI is InChI=1S/C12H11N3O3/c1-2-18-12(17)9-7-10(14-15-11(9)16)8-3-5-13-6-4-8/h3-7H,2H2,1H3,(H,15,16). The van der Waals surface area contributed by atoms with Gasteiger partial charge < -0.3 is 4.74 Å². The van der Waals surface area contributed by atoms with Crippen LogP contribution in [0.4, 0.5) is 0 Å². The zero-order valence-corrected chi connectivity index (χ0v) is 9.71. The molecule has 1 N–H and O–H groups in total. The van der Waals surface area contributed by atoms with Gasteiger partial charge in [-0.15, -0.1) is 0 Å². The summed E-state index contributed by atoms with van der Waals surface area (Å²) < 4.78 is 4.80. The summed E-state index contributed by atoms with van der Waals surface area (Å²) in [6.07, 6.45) is 3.21. The number of aromatic nitrogens is 3. The molecule has 0 saturated heterocycles. The van der Waals surface area contributed by atoms with Crippen LogP contribution in [0.1, 0.15) is 17.3 Å². The molecular formula is C12H11N3O3. The van der Waals surface area contributed by atoms with Crippen molar-refractivity contribution >= 4 is 5.97 Å². The lowest BCUT2D eigenvalue weighted by Crippen LogP contribution is -2.21.